The molecule has 0 saturated carbocycles. The largest absolute Gasteiger partial charge is 0.381 e. The highest BCUT2D eigenvalue weighted by Gasteiger charge is 2.21. The lowest BCUT2D eigenvalue weighted by Gasteiger charge is -2.20. The van der Waals surface area contributed by atoms with Crippen LogP contribution in [0.25, 0.3) is 0 Å². The van der Waals surface area contributed by atoms with E-state index in [2.05, 4.69) is 5.32 Å². The number of anilines is 1. The molecule has 37 heavy (non-hydrogen) atoms. The molecule has 3 atom stereocenters. The van der Waals surface area contributed by atoms with Crippen LogP contribution in [0.3, 0.4) is 0 Å². The van der Waals surface area contributed by atoms with E-state index in [1.165, 1.54) is 12.1 Å². The maximum Gasteiger partial charge on any atom is 0.296 e. The van der Waals surface area contributed by atoms with Crippen LogP contribution in [0.5, 0.6) is 0 Å². The first kappa shape index (κ1) is 34.9. The molecule has 0 aromatic heterocycles. The highest BCUT2D eigenvalue weighted by atomic mass is 32.2. The Morgan fingerprint density at radius 1 is 0.973 bits per heavy atom. The van der Waals surface area contributed by atoms with E-state index < -0.39 is 10.1 Å². The molecule has 1 aromatic rings. The quantitative estimate of drug-likeness (QED) is 0.216. The molecule has 0 heterocycles. The molecular formula is C27H45NO8S. The maximum absolute atomic E-state index is 12.1. The van der Waals surface area contributed by atoms with Crippen molar-refractivity contribution in [2.75, 3.05) is 19.5 Å². The Hall–Kier alpha value is -2.14. The predicted octanol–water partition coefficient (Wildman–Crippen LogP) is 5.15. The number of Topliss-reactive ketones (excluding diaryl/α,β-unsaturated/α-hetero) is 2. The van der Waals surface area contributed by atoms with Gasteiger partial charge in [-0.1, -0.05) is 31.7 Å². The lowest BCUT2D eigenvalue weighted by Crippen LogP contribution is -2.25. The van der Waals surface area contributed by atoms with Gasteiger partial charge in [0.1, 0.15) is 16.5 Å². The topological polar surface area (TPSA) is 136 Å². The maximum atomic E-state index is 12.1. The van der Waals surface area contributed by atoms with Crippen LogP contribution in [0.15, 0.2) is 23.1 Å². The van der Waals surface area contributed by atoms with Crippen LogP contribution in [0.4, 0.5) is 5.69 Å². The first-order valence-electron chi connectivity index (χ1n) is 12.7. The zero-order valence-corrected chi connectivity index (χ0v) is 24.2. The van der Waals surface area contributed by atoms with E-state index in [0.29, 0.717) is 18.4 Å². The Labute approximate surface area is 222 Å². The van der Waals surface area contributed by atoms with Crippen LogP contribution in [0.1, 0.15) is 84.6 Å². The summed E-state index contributed by atoms with van der Waals surface area (Å²) in [6, 6.07) is 4.47. The van der Waals surface area contributed by atoms with Gasteiger partial charge < -0.3 is 14.8 Å². The highest BCUT2D eigenvalue weighted by Crippen LogP contribution is 2.23. The first-order chi connectivity index (χ1) is 17.2. The van der Waals surface area contributed by atoms with E-state index in [0.717, 1.165) is 32.1 Å². The molecule has 0 bridgehead atoms. The molecule has 9 nitrogen and oxygen atoms in total. The summed E-state index contributed by atoms with van der Waals surface area (Å²) in [7, 11) is -1.19. The average molecular weight is 544 g/mol. The number of nitrogens with one attached hydrogen (secondary N) is 1. The molecule has 0 aliphatic rings. The standard InChI is InChI=1S/C21H33NO6S.C6H12O2/c1-15-12-13-19(20(14-15)29(25,26)27)22-21(24)11-9-7-5-6-8-10-18(16(2)23)17(3)28-4;1-5(7)4-6(2)8-3/h12-14,17-18H,5-11H2,1-4H3,(H,22,24)(H,25,26,27);6H,4H2,1-3H3. The Bertz CT molecular complexity index is 961. The first-order valence-corrected chi connectivity index (χ1v) is 14.1. The molecule has 1 aromatic carbocycles. The molecule has 1 amide bonds. The van der Waals surface area contributed by atoms with Gasteiger partial charge in [-0.25, -0.2) is 0 Å². The second kappa shape index (κ2) is 18.2. The second-order valence-corrected chi connectivity index (χ2v) is 10.8. The number of aryl methyl sites for hydroxylation is 1. The molecule has 1 rings (SSSR count). The fourth-order valence-corrected chi connectivity index (χ4v) is 4.49. The van der Waals surface area contributed by atoms with Crippen molar-refractivity contribution in [3.63, 3.8) is 0 Å². The smallest absolute Gasteiger partial charge is 0.296 e. The summed E-state index contributed by atoms with van der Waals surface area (Å²) >= 11 is 0. The van der Waals surface area contributed by atoms with Crippen LogP contribution in [0, 0.1) is 12.8 Å². The minimum absolute atomic E-state index is 0.0720. The molecule has 0 aliphatic heterocycles. The van der Waals surface area contributed by atoms with Crippen molar-refractivity contribution in [2.24, 2.45) is 5.92 Å². The Morgan fingerprint density at radius 3 is 2.05 bits per heavy atom. The van der Waals surface area contributed by atoms with Crippen molar-refractivity contribution in [1.82, 2.24) is 0 Å². The average Bonchev–Trinajstić information content (AvgIpc) is 2.80. The number of benzene rings is 1. The number of ketones is 2. The molecule has 0 spiro atoms. The summed E-state index contributed by atoms with van der Waals surface area (Å²) in [4.78, 5) is 33.8. The summed E-state index contributed by atoms with van der Waals surface area (Å²) in [6.45, 7) is 8.65. The molecule has 3 unspecified atom stereocenters. The van der Waals surface area contributed by atoms with Gasteiger partial charge in [0.05, 0.1) is 17.9 Å². The number of hydrogen-bond acceptors (Lipinski definition) is 7. The fraction of sp³-hybridized carbons (Fsp3) is 0.667. The number of hydrogen-bond donors (Lipinski definition) is 2. The van der Waals surface area contributed by atoms with E-state index in [-0.39, 0.29) is 52.6 Å². The lowest BCUT2D eigenvalue weighted by molar-refractivity contribution is -0.125. The third kappa shape index (κ3) is 15.7. The summed E-state index contributed by atoms with van der Waals surface area (Å²) in [5.74, 6) is -0.0302. The van der Waals surface area contributed by atoms with Crippen LogP contribution in [-0.4, -0.2) is 56.9 Å². The highest BCUT2D eigenvalue weighted by molar-refractivity contribution is 7.86. The minimum Gasteiger partial charge on any atom is -0.381 e. The molecule has 0 fully saturated rings. The molecule has 0 aliphatic carbocycles. The van der Waals surface area contributed by atoms with Crippen LogP contribution >= 0.6 is 0 Å². The Kier molecular flexibility index (Phi) is 17.1. The Morgan fingerprint density at radius 2 is 1.57 bits per heavy atom. The predicted molar refractivity (Wildman–Crippen MR) is 144 cm³/mol. The van der Waals surface area contributed by atoms with Crippen molar-refractivity contribution in [3.8, 4) is 0 Å². The number of carbonyl (C=O) groups is 3. The zero-order valence-electron chi connectivity index (χ0n) is 23.3. The van der Waals surface area contributed by atoms with E-state index in [4.69, 9.17) is 9.47 Å². The molecule has 212 valence electrons. The van der Waals surface area contributed by atoms with E-state index in [9.17, 15) is 27.4 Å². The number of carbonyl (C=O) groups excluding carboxylic acids is 3. The van der Waals surface area contributed by atoms with Crippen LogP contribution in [0.2, 0.25) is 0 Å². The van der Waals surface area contributed by atoms with Crippen molar-refractivity contribution in [2.45, 2.75) is 103 Å². The summed E-state index contributed by atoms with van der Waals surface area (Å²) in [6.07, 6.45) is 6.03. The van der Waals surface area contributed by atoms with Gasteiger partial charge >= 0.3 is 0 Å². The number of ether oxygens (including phenoxy) is 2. The summed E-state index contributed by atoms with van der Waals surface area (Å²) in [5, 5.41) is 2.56. The van der Waals surface area contributed by atoms with E-state index >= 15 is 0 Å². The molecule has 10 heteroatoms. The summed E-state index contributed by atoms with van der Waals surface area (Å²) < 4.78 is 42.4. The fourth-order valence-electron chi connectivity index (χ4n) is 3.76. The van der Waals surface area contributed by atoms with Crippen LogP contribution in [-0.2, 0) is 34.0 Å². The minimum atomic E-state index is -4.41. The Balaban J connectivity index is 0.00000139. The van der Waals surface area contributed by atoms with Gasteiger partial charge in [0, 0.05) is 33.0 Å². The number of unbranched alkanes of at least 4 members (excludes halogenated alkanes) is 4. The van der Waals surface area contributed by atoms with Gasteiger partial charge in [0.2, 0.25) is 5.91 Å². The molecule has 0 saturated heterocycles. The van der Waals surface area contributed by atoms with Gasteiger partial charge in [-0.3, -0.25) is 18.9 Å². The van der Waals surface area contributed by atoms with E-state index in [1.54, 1.807) is 41.1 Å². The van der Waals surface area contributed by atoms with Gasteiger partial charge in [0.25, 0.3) is 10.1 Å². The number of methoxy groups -OCH3 is 2. The zero-order chi connectivity index (χ0) is 28.6. The third-order valence-electron chi connectivity index (χ3n) is 6.05. The molecule has 2 N–H and O–H groups in total. The van der Waals surface area contributed by atoms with Crippen molar-refractivity contribution in [1.29, 1.82) is 0 Å². The van der Waals surface area contributed by atoms with Crippen molar-refractivity contribution >= 4 is 33.3 Å². The van der Waals surface area contributed by atoms with Crippen molar-refractivity contribution < 1.29 is 36.8 Å². The molecular weight excluding hydrogens is 498 g/mol. The van der Waals surface area contributed by atoms with Gasteiger partial charge in [-0.2, -0.15) is 8.42 Å². The van der Waals surface area contributed by atoms with Gasteiger partial charge in [-0.05, 0) is 65.2 Å². The monoisotopic (exact) mass is 543 g/mol. The van der Waals surface area contributed by atoms with Crippen molar-refractivity contribution in [3.05, 3.63) is 23.8 Å². The SMILES string of the molecule is COC(C)C(CCCCCCCC(=O)Nc1ccc(C)cc1S(=O)(=O)O)C(C)=O.COC(C)CC(C)=O. The second-order valence-electron chi connectivity index (χ2n) is 9.44. The summed E-state index contributed by atoms with van der Waals surface area (Å²) in [5.41, 5.74) is 0.758. The van der Waals surface area contributed by atoms with Crippen LogP contribution < -0.4 is 5.32 Å². The molecule has 0 radical (unpaired) electrons. The van der Waals surface area contributed by atoms with E-state index in [1.807, 2.05) is 13.8 Å². The van der Waals surface area contributed by atoms with Gasteiger partial charge in [-0.15, -0.1) is 0 Å². The normalized spacial score (nSPS) is 13.6. The number of amides is 1. The number of rotatable bonds is 16. The third-order valence-corrected chi connectivity index (χ3v) is 6.94. The van der Waals surface area contributed by atoms with Gasteiger partial charge in [0.15, 0.2) is 0 Å². The lowest BCUT2D eigenvalue weighted by atomic mass is 9.92.